The normalized spacial score (nSPS) is 10.3. The molecule has 5 heteroatoms. The van der Waals surface area contributed by atoms with E-state index < -0.39 is 0 Å². The molecule has 1 aromatic heterocycles. The number of nitrogens with zero attached hydrogens (tertiary/aromatic N) is 1. The third kappa shape index (κ3) is 3.06. The molecule has 0 amide bonds. The topological polar surface area (TPSA) is 50.9 Å². The van der Waals surface area contributed by atoms with E-state index in [0.29, 0.717) is 11.3 Å². The van der Waals surface area contributed by atoms with Crippen LogP contribution >= 0.6 is 12.2 Å². The molecule has 1 aromatic carbocycles. The summed E-state index contributed by atoms with van der Waals surface area (Å²) in [5.74, 6) is -0.368. The summed E-state index contributed by atoms with van der Waals surface area (Å²) in [7, 11) is 0. The molecule has 0 aliphatic heterocycles. The lowest BCUT2D eigenvalue weighted by atomic mass is 10.1. The van der Waals surface area contributed by atoms with Crippen LogP contribution in [0.2, 0.25) is 0 Å². The van der Waals surface area contributed by atoms with E-state index in [-0.39, 0.29) is 10.8 Å². The Labute approximate surface area is 116 Å². The van der Waals surface area contributed by atoms with Crippen LogP contribution in [0.5, 0.6) is 0 Å². The van der Waals surface area contributed by atoms with Crippen LogP contribution < -0.4 is 11.1 Å². The SMILES string of the molecule is Cc1ccc(Nc2ccc(F)cc2C(N)=S)c(C)n1. The fraction of sp³-hybridized carbons (Fsp3) is 0.143. The molecule has 19 heavy (non-hydrogen) atoms. The molecule has 0 fully saturated rings. The molecule has 3 nitrogen and oxygen atoms in total. The Kier molecular flexibility index (Phi) is 3.76. The Morgan fingerprint density at radius 1 is 1.21 bits per heavy atom. The van der Waals surface area contributed by atoms with Crippen LogP contribution in [-0.2, 0) is 0 Å². The molecule has 3 N–H and O–H groups in total. The number of aromatic nitrogens is 1. The second-order valence-corrected chi connectivity index (χ2v) is 4.70. The summed E-state index contributed by atoms with van der Waals surface area (Å²) in [6.45, 7) is 3.83. The first-order valence-electron chi connectivity index (χ1n) is 5.78. The highest BCUT2D eigenvalue weighted by atomic mass is 32.1. The molecular formula is C14H14FN3S. The minimum absolute atomic E-state index is 0.153. The van der Waals surface area contributed by atoms with Crippen molar-refractivity contribution in [3.05, 3.63) is 53.1 Å². The van der Waals surface area contributed by atoms with Gasteiger partial charge in [-0.05, 0) is 44.2 Å². The maximum absolute atomic E-state index is 13.2. The lowest BCUT2D eigenvalue weighted by Gasteiger charge is -2.13. The van der Waals surface area contributed by atoms with Crippen LogP contribution in [0.15, 0.2) is 30.3 Å². The minimum atomic E-state index is -0.368. The van der Waals surface area contributed by atoms with Gasteiger partial charge in [-0.25, -0.2) is 4.39 Å². The Hall–Kier alpha value is -2.01. The Balaban J connectivity index is 2.40. The first kappa shape index (κ1) is 13.4. The van der Waals surface area contributed by atoms with E-state index in [0.717, 1.165) is 17.1 Å². The van der Waals surface area contributed by atoms with Crippen molar-refractivity contribution < 1.29 is 4.39 Å². The number of nitrogens with two attached hydrogens (primary N) is 1. The third-order valence-corrected chi connectivity index (χ3v) is 2.96. The zero-order valence-corrected chi connectivity index (χ0v) is 11.5. The van der Waals surface area contributed by atoms with Gasteiger partial charge in [-0.2, -0.15) is 0 Å². The number of benzene rings is 1. The van der Waals surface area contributed by atoms with Crippen molar-refractivity contribution in [2.75, 3.05) is 5.32 Å². The zero-order chi connectivity index (χ0) is 14.0. The molecule has 0 atom stereocenters. The molecule has 0 saturated heterocycles. The van der Waals surface area contributed by atoms with E-state index in [4.69, 9.17) is 18.0 Å². The fourth-order valence-electron chi connectivity index (χ4n) is 1.79. The van der Waals surface area contributed by atoms with Crippen LogP contribution in [0.25, 0.3) is 0 Å². The zero-order valence-electron chi connectivity index (χ0n) is 10.7. The van der Waals surface area contributed by atoms with E-state index in [2.05, 4.69) is 10.3 Å². The van der Waals surface area contributed by atoms with Crippen molar-refractivity contribution in [2.24, 2.45) is 5.73 Å². The van der Waals surface area contributed by atoms with E-state index in [1.165, 1.54) is 12.1 Å². The van der Waals surface area contributed by atoms with Gasteiger partial charge in [-0.3, -0.25) is 4.98 Å². The number of thiocarbonyl (C=S) groups is 1. The number of nitrogens with one attached hydrogen (secondary N) is 1. The molecule has 2 aromatic rings. The number of hydrogen-bond donors (Lipinski definition) is 2. The number of pyridine rings is 1. The van der Waals surface area contributed by atoms with Crippen LogP contribution in [-0.4, -0.2) is 9.97 Å². The highest BCUT2D eigenvalue weighted by Gasteiger charge is 2.08. The molecule has 0 aliphatic rings. The summed E-state index contributed by atoms with van der Waals surface area (Å²) in [4.78, 5) is 4.51. The van der Waals surface area contributed by atoms with Gasteiger partial charge in [-0.1, -0.05) is 12.2 Å². The number of anilines is 2. The van der Waals surface area contributed by atoms with Crippen molar-refractivity contribution in [3.8, 4) is 0 Å². The summed E-state index contributed by atoms with van der Waals surface area (Å²) >= 11 is 4.93. The molecular weight excluding hydrogens is 261 g/mol. The molecule has 0 radical (unpaired) electrons. The smallest absolute Gasteiger partial charge is 0.124 e. The van der Waals surface area contributed by atoms with Gasteiger partial charge < -0.3 is 11.1 Å². The first-order valence-corrected chi connectivity index (χ1v) is 6.19. The average molecular weight is 275 g/mol. The maximum Gasteiger partial charge on any atom is 0.124 e. The predicted molar refractivity (Wildman–Crippen MR) is 79.3 cm³/mol. The molecule has 0 spiro atoms. The summed E-state index contributed by atoms with van der Waals surface area (Å²) in [5.41, 5.74) is 9.40. The van der Waals surface area contributed by atoms with Gasteiger partial charge in [0.15, 0.2) is 0 Å². The Morgan fingerprint density at radius 3 is 2.53 bits per heavy atom. The number of halogens is 1. The van der Waals surface area contributed by atoms with Crippen LogP contribution in [0.1, 0.15) is 17.0 Å². The summed E-state index contributed by atoms with van der Waals surface area (Å²) in [5, 5.41) is 3.18. The van der Waals surface area contributed by atoms with Crippen molar-refractivity contribution >= 4 is 28.6 Å². The molecule has 98 valence electrons. The second kappa shape index (κ2) is 5.32. The summed E-state index contributed by atoms with van der Waals surface area (Å²) in [6, 6.07) is 8.12. The molecule has 1 heterocycles. The number of rotatable bonds is 3. The molecule has 0 bridgehead atoms. The van der Waals surface area contributed by atoms with Crippen LogP contribution in [0.3, 0.4) is 0 Å². The summed E-state index contributed by atoms with van der Waals surface area (Å²) < 4.78 is 13.2. The number of hydrogen-bond acceptors (Lipinski definition) is 3. The van der Waals surface area contributed by atoms with Crippen LogP contribution in [0.4, 0.5) is 15.8 Å². The van der Waals surface area contributed by atoms with Gasteiger partial charge in [0, 0.05) is 16.9 Å². The van der Waals surface area contributed by atoms with Gasteiger partial charge in [-0.15, -0.1) is 0 Å². The quantitative estimate of drug-likeness (QED) is 0.845. The van der Waals surface area contributed by atoms with E-state index in [1.54, 1.807) is 6.07 Å². The van der Waals surface area contributed by atoms with Gasteiger partial charge in [0.1, 0.15) is 10.8 Å². The standard InChI is InChI=1S/C14H14FN3S/c1-8-3-5-12(9(2)17-8)18-13-6-4-10(15)7-11(13)14(16)19/h3-7,18H,1-2H3,(H2,16,19). The maximum atomic E-state index is 13.2. The molecule has 0 saturated carbocycles. The van der Waals surface area contributed by atoms with E-state index >= 15 is 0 Å². The van der Waals surface area contributed by atoms with Gasteiger partial charge in [0.05, 0.1) is 11.4 Å². The predicted octanol–water partition coefficient (Wildman–Crippen LogP) is 3.22. The second-order valence-electron chi connectivity index (χ2n) is 4.26. The Morgan fingerprint density at radius 2 is 1.89 bits per heavy atom. The van der Waals surface area contributed by atoms with Gasteiger partial charge in [0.2, 0.25) is 0 Å². The van der Waals surface area contributed by atoms with Crippen LogP contribution in [0, 0.1) is 19.7 Å². The highest BCUT2D eigenvalue weighted by molar-refractivity contribution is 7.80. The van der Waals surface area contributed by atoms with Gasteiger partial charge in [0.25, 0.3) is 0 Å². The van der Waals surface area contributed by atoms with Crippen molar-refractivity contribution in [2.45, 2.75) is 13.8 Å². The van der Waals surface area contributed by atoms with E-state index in [1.807, 2.05) is 26.0 Å². The fourth-order valence-corrected chi connectivity index (χ4v) is 1.96. The minimum Gasteiger partial charge on any atom is -0.389 e. The van der Waals surface area contributed by atoms with E-state index in [9.17, 15) is 4.39 Å². The largest absolute Gasteiger partial charge is 0.389 e. The average Bonchev–Trinajstić information content (AvgIpc) is 2.34. The summed E-state index contributed by atoms with van der Waals surface area (Å²) in [6.07, 6.45) is 0. The third-order valence-electron chi connectivity index (χ3n) is 2.74. The van der Waals surface area contributed by atoms with Gasteiger partial charge >= 0.3 is 0 Å². The lowest BCUT2D eigenvalue weighted by Crippen LogP contribution is -2.12. The lowest BCUT2D eigenvalue weighted by molar-refractivity contribution is 0.628. The Bertz CT molecular complexity index is 641. The molecule has 2 rings (SSSR count). The molecule has 0 unspecified atom stereocenters. The highest BCUT2D eigenvalue weighted by Crippen LogP contribution is 2.23. The van der Waals surface area contributed by atoms with Crippen molar-refractivity contribution in [3.63, 3.8) is 0 Å². The molecule has 0 aliphatic carbocycles. The van der Waals surface area contributed by atoms with Crippen molar-refractivity contribution in [1.29, 1.82) is 0 Å². The van der Waals surface area contributed by atoms with Crippen molar-refractivity contribution in [1.82, 2.24) is 4.98 Å². The monoisotopic (exact) mass is 275 g/mol. The first-order chi connectivity index (χ1) is 8.97. The number of aryl methyl sites for hydroxylation is 2.